The topological polar surface area (TPSA) is 91.3 Å². The summed E-state index contributed by atoms with van der Waals surface area (Å²) in [6, 6.07) is 0.0772. The molecule has 1 fully saturated rings. The lowest BCUT2D eigenvalue weighted by molar-refractivity contribution is -0.137. The highest BCUT2D eigenvalue weighted by Crippen LogP contribution is 2.19. The van der Waals surface area contributed by atoms with Crippen LogP contribution in [0.5, 0.6) is 0 Å². The zero-order valence-electron chi connectivity index (χ0n) is 11.2. The molecule has 0 aliphatic heterocycles. The number of anilines is 1. The molecule has 3 N–H and O–H groups in total. The molecule has 1 saturated carbocycles. The number of hydrogen-bond acceptors (Lipinski definition) is 4. The van der Waals surface area contributed by atoms with Crippen molar-refractivity contribution in [3.05, 3.63) is 11.1 Å². The van der Waals surface area contributed by atoms with Crippen molar-refractivity contribution in [2.45, 2.75) is 51.0 Å². The van der Waals surface area contributed by atoms with Gasteiger partial charge in [0.15, 0.2) is 5.13 Å². The van der Waals surface area contributed by atoms with Crippen molar-refractivity contribution in [1.29, 1.82) is 0 Å². The smallest absolute Gasteiger partial charge is 0.321 e. The molecule has 0 spiro atoms. The number of hydrogen-bond donors (Lipinski definition) is 3. The first kappa shape index (κ1) is 14.8. The summed E-state index contributed by atoms with van der Waals surface area (Å²) in [6.45, 7) is 0. The summed E-state index contributed by atoms with van der Waals surface area (Å²) in [5, 5.41) is 16.6. The molecule has 7 heteroatoms. The molecule has 0 saturated heterocycles. The highest BCUT2D eigenvalue weighted by Gasteiger charge is 2.17. The second-order valence-electron chi connectivity index (χ2n) is 4.97. The van der Waals surface area contributed by atoms with E-state index >= 15 is 0 Å². The van der Waals surface area contributed by atoms with E-state index in [1.54, 1.807) is 0 Å². The third kappa shape index (κ3) is 4.80. The lowest BCUT2D eigenvalue weighted by atomic mass is 10.2. The van der Waals surface area contributed by atoms with Crippen molar-refractivity contribution in [3.8, 4) is 0 Å². The summed E-state index contributed by atoms with van der Waals surface area (Å²) < 4.78 is 0. The Morgan fingerprint density at radius 3 is 2.85 bits per heavy atom. The highest BCUT2D eigenvalue weighted by molar-refractivity contribution is 7.13. The summed E-state index contributed by atoms with van der Waals surface area (Å²) >= 11 is 1.36. The molecule has 1 aliphatic rings. The Morgan fingerprint density at radius 2 is 2.15 bits per heavy atom. The molecule has 2 rings (SSSR count). The van der Waals surface area contributed by atoms with Gasteiger partial charge >= 0.3 is 12.0 Å². The van der Waals surface area contributed by atoms with Crippen LogP contribution in [0.4, 0.5) is 9.93 Å². The van der Waals surface area contributed by atoms with E-state index in [0.717, 1.165) is 18.5 Å². The van der Waals surface area contributed by atoms with E-state index < -0.39 is 5.97 Å². The molecule has 0 bridgehead atoms. The number of carboxylic acid groups (broad SMARTS) is 1. The van der Waals surface area contributed by atoms with Gasteiger partial charge in [-0.2, -0.15) is 0 Å². The van der Waals surface area contributed by atoms with Crippen LogP contribution in [0.25, 0.3) is 0 Å². The summed E-state index contributed by atoms with van der Waals surface area (Å²) in [5.41, 5.74) is 0.826. The zero-order chi connectivity index (χ0) is 14.4. The van der Waals surface area contributed by atoms with Crippen LogP contribution in [-0.4, -0.2) is 28.1 Å². The number of aliphatic carboxylic acids is 1. The second kappa shape index (κ2) is 7.23. The molecule has 0 unspecified atom stereocenters. The summed E-state index contributed by atoms with van der Waals surface area (Å²) in [4.78, 5) is 26.4. The van der Waals surface area contributed by atoms with Crippen LogP contribution in [-0.2, 0) is 11.2 Å². The Kier molecular flexibility index (Phi) is 5.34. The third-order valence-electron chi connectivity index (χ3n) is 3.29. The van der Waals surface area contributed by atoms with Gasteiger partial charge in [-0.25, -0.2) is 9.78 Å². The van der Waals surface area contributed by atoms with Gasteiger partial charge in [0.05, 0.1) is 5.69 Å². The minimum absolute atomic E-state index is 0.141. The van der Waals surface area contributed by atoms with E-state index in [1.807, 2.05) is 5.38 Å². The number of amides is 2. The largest absolute Gasteiger partial charge is 0.481 e. The lowest BCUT2D eigenvalue weighted by Crippen LogP contribution is -2.36. The maximum Gasteiger partial charge on any atom is 0.321 e. The van der Waals surface area contributed by atoms with Crippen molar-refractivity contribution in [2.75, 3.05) is 5.32 Å². The van der Waals surface area contributed by atoms with Crippen LogP contribution in [0.1, 0.15) is 44.2 Å². The monoisotopic (exact) mass is 297 g/mol. The average Bonchev–Trinajstić information content (AvgIpc) is 3.01. The fourth-order valence-corrected chi connectivity index (χ4v) is 3.03. The summed E-state index contributed by atoms with van der Waals surface area (Å²) in [5.74, 6) is -0.797. The number of nitrogens with one attached hydrogen (secondary N) is 2. The van der Waals surface area contributed by atoms with Crippen molar-refractivity contribution < 1.29 is 14.7 Å². The molecule has 0 aromatic carbocycles. The number of carbonyl (C=O) groups is 2. The zero-order valence-corrected chi connectivity index (χ0v) is 12.0. The standard InChI is InChI=1S/C13H19N3O3S/c17-11(18)7-3-6-10-8-20-13(15-10)16-12(19)14-9-4-1-2-5-9/h8-9H,1-7H2,(H,17,18)(H2,14,15,16,19). The number of rotatable bonds is 6. The van der Waals surface area contributed by atoms with Crippen molar-refractivity contribution in [1.82, 2.24) is 10.3 Å². The predicted octanol–water partition coefficient (Wildman–Crippen LogP) is 2.61. The lowest BCUT2D eigenvalue weighted by Gasteiger charge is -2.11. The summed E-state index contributed by atoms with van der Waals surface area (Å²) in [7, 11) is 0. The molecule has 1 heterocycles. The fraction of sp³-hybridized carbons (Fsp3) is 0.615. The van der Waals surface area contributed by atoms with Crippen LogP contribution in [0.15, 0.2) is 5.38 Å². The Balaban J connectivity index is 1.73. The van der Waals surface area contributed by atoms with Gasteiger partial charge in [0.2, 0.25) is 0 Å². The van der Waals surface area contributed by atoms with E-state index in [9.17, 15) is 9.59 Å². The SMILES string of the molecule is O=C(O)CCCc1csc(NC(=O)NC2CCCC2)n1. The van der Waals surface area contributed by atoms with E-state index in [-0.39, 0.29) is 18.5 Å². The molecular weight excluding hydrogens is 278 g/mol. The van der Waals surface area contributed by atoms with E-state index in [1.165, 1.54) is 24.2 Å². The molecule has 20 heavy (non-hydrogen) atoms. The quantitative estimate of drug-likeness (QED) is 0.752. The summed E-state index contributed by atoms with van der Waals surface area (Å²) in [6.07, 6.45) is 5.77. The van der Waals surface area contributed by atoms with Crippen LogP contribution in [0.2, 0.25) is 0 Å². The van der Waals surface area contributed by atoms with Gasteiger partial charge in [0.1, 0.15) is 0 Å². The van der Waals surface area contributed by atoms with Gasteiger partial charge in [-0.15, -0.1) is 11.3 Å². The van der Waals surface area contributed by atoms with Gasteiger partial charge in [-0.3, -0.25) is 10.1 Å². The first-order valence-electron chi connectivity index (χ1n) is 6.87. The second-order valence-corrected chi connectivity index (χ2v) is 5.83. The van der Waals surface area contributed by atoms with Crippen molar-refractivity contribution in [3.63, 3.8) is 0 Å². The number of carbonyl (C=O) groups excluding carboxylic acids is 1. The Labute approximate surface area is 121 Å². The normalized spacial score (nSPS) is 15.2. The molecular formula is C13H19N3O3S. The van der Waals surface area contributed by atoms with E-state index in [2.05, 4.69) is 15.6 Å². The Bertz CT molecular complexity index is 469. The third-order valence-corrected chi connectivity index (χ3v) is 4.09. The first-order valence-corrected chi connectivity index (χ1v) is 7.75. The van der Waals surface area contributed by atoms with Gasteiger partial charge in [0, 0.05) is 17.8 Å². The number of nitrogens with zero attached hydrogens (tertiary/aromatic N) is 1. The van der Waals surface area contributed by atoms with E-state index in [0.29, 0.717) is 18.0 Å². The molecule has 0 atom stereocenters. The molecule has 6 nitrogen and oxygen atoms in total. The number of carboxylic acids is 1. The molecule has 0 radical (unpaired) electrons. The molecule has 1 aliphatic carbocycles. The number of urea groups is 1. The molecule has 1 aromatic rings. The molecule has 1 aromatic heterocycles. The molecule has 110 valence electrons. The maximum atomic E-state index is 11.7. The maximum absolute atomic E-state index is 11.7. The number of thiazole rings is 1. The Morgan fingerprint density at radius 1 is 1.40 bits per heavy atom. The van der Waals surface area contributed by atoms with Crippen LogP contribution < -0.4 is 10.6 Å². The van der Waals surface area contributed by atoms with Gasteiger partial charge in [-0.05, 0) is 25.7 Å². The van der Waals surface area contributed by atoms with E-state index in [4.69, 9.17) is 5.11 Å². The van der Waals surface area contributed by atoms with Gasteiger partial charge in [0.25, 0.3) is 0 Å². The van der Waals surface area contributed by atoms with Crippen LogP contribution in [0.3, 0.4) is 0 Å². The van der Waals surface area contributed by atoms with Crippen LogP contribution >= 0.6 is 11.3 Å². The minimum atomic E-state index is -0.797. The number of aryl methyl sites for hydroxylation is 1. The van der Waals surface area contributed by atoms with Crippen molar-refractivity contribution in [2.24, 2.45) is 0 Å². The average molecular weight is 297 g/mol. The van der Waals surface area contributed by atoms with Gasteiger partial charge < -0.3 is 10.4 Å². The fourth-order valence-electron chi connectivity index (χ4n) is 2.29. The van der Waals surface area contributed by atoms with Crippen molar-refractivity contribution >= 4 is 28.5 Å². The van der Waals surface area contributed by atoms with Gasteiger partial charge in [-0.1, -0.05) is 12.8 Å². The number of aromatic nitrogens is 1. The highest BCUT2D eigenvalue weighted by atomic mass is 32.1. The van der Waals surface area contributed by atoms with Crippen LogP contribution in [0, 0.1) is 0 Å². The first-order chi connectivity index (χ1) is 9.63. The minimum Gasteiger partial charge on any atom is -0.481 e. The molecule has 2 amide bonds. The Hall–Kier alpha value is -1.63. The predicted molar refractivity (Wildman–Crippen MR) is 77.1 cm³/mol.